The number of aliphatic imine (C=N–C) groups is 1. The lowest BCUT2D eigenvalue weighted by Gasteiger charge is -2.15. The standard InChI is InChI=1S/C21H34N4O2/c1-4-22-21(24-15-20(26)25-13-5-6-14-25)23-12-11-18-7-9-19(10-8-18)27-16-17(2)3/h7-10,17H,4-6,11-16H2,1-3H3,(H2,22,23,24). The predicted molar refractivity (Wildman–Crippen MR) is 110 cm³/mol. The van der Waals surface area contributed by atoms with Crippen molar-refractivity contribution in [1.29, 1.82) is 0 Å². The molecular formula is C21H34N4O2. The van der Waals surface area contributed by atoms with Gasteiger partial charge in [-0.3, -0.25) is 4.79 Å². The maximum atomic E-state index is 12.1. The highest BCUT2D eigenvalue weighted by Gasteiger charge is 2.17. The van der Waals surface area contributed by atoms with Crippen molar-refractivity contribution in [3.8, 4) is 5.75 Å². The number of carbonyl (C=O) groups is 1. The van der Waals surface area contributed by atoms with Gasteiger partial charge in [0.25, 0.3) is 0 Å². The summed E-state index contributed by atoms with van der Waals surface area (Å²) < 4.78 is 5.71. The Balaban J connectivity index is 1.76. The van der Waals surface area contributed by atoms with Crippen LogP contribution < -0.4 is 15.4 Å². The minimum atomic E-state index is 0.113. The Morgan fingerprint density at radius 2 is 1.89 bits per heavy atom. The van der Waals surface area contributed by atoms with Gasteiger partial charge in [0.1, 0.15) is 12.3 Å². The van der Waals surface area contributed by atoms with Crippen molar-refractivity contribution in [1.82, 2.24) is 15.5 Å². The summed E-state index contributed by atoms with van der Waals surface area (Å²) in [5.74, 6) is 2.24. The minimum absolute atomic E-state index is 0.113. The van der Waals surface area contributed by atoms with E-state index >= 15 is 0 Å². The number of carbonyl (C=O) groups excluding carboxylic acids is 1. The summed E-state index contributed by atoms with van der Waals surface area (Å²) in [5.41, 5.74) is 1.24. The number of nitrogens with zero attached hydrogens (tertiary/aromatic N) is 2. The van der Waals surface area contributed by atoms with Gasteiger partial charge in [0.15, 0.2) is 5.96 Å². The molecule has 1 fully saturated rings. The molecule has 0 spiro atoms. The largest absolute Gasteiger partial charge is 0.493 e. The molecule has 0 bridgehead atoms. The first-order valence-corrected chi connectivity index (χ1v) is 10.1. The van der Waals surface area contributed by atoms with Crippen LogP contribution in [0.15, 0.2) is 29.3 Å². The van der Waals surface area contributed by atoms with E-state index in [1.165, 1.54) is 5.56 Å². The molecule has 1 aliphatic rings. The van der Waals surface area contributed by atoms with Gasteiger partial charge in [0.2, 0.25) is 5.91 Å². The summed E-state index contributed by atoms with van der Waals surface area (Å²) in [7, 11) is 0. The molecule has 1 saturated heterocycles. The van der Waals surface area contributed by atoms with E-state index < -0.39 is 0 Å². The monoisotopic (exact) mass is 374 g/mol. The number of likely N-dealkylation sites (tertiary alicyclic amines) is 1. The van der Waals surface area contributed by atoms with E-state index in [0.29, 0.717) is 11.9 Å². The van der Waals surface area contributed by atoms with Crippen LogP contribution in [0.2, 0.25) is 0 Å². The number of amides is 1. The second-order valence-corrected chi connectivity index (χ2v) is 7.31. The van der Waals surface area contributed by atoms with Crippen molar-refractivity contribution >= 4 is 11.9 Å². The Morgan fingerprint density at radius 3 is 2.52 bits per heavy atom. The smallest absolute Gasteiger partial charge is 0.244 e. The van der Waals surface area contributed by atoms with Gasteiger partial charge in [-0.1, -0.05) is 26.0 Å². The van der Waals surface area contributed by atoms with Gasteiger partial charge in [-0.05, 0) is 49.8 Å². The molecule has 27 heavy (non-hydrogen) atoms. The van der Waals surface area contributed by atoms with Crippen molar-refractivity contribution in [2.24, 2.45) is 10.9 Å². The highest BCUT2D eigenvalue weighted by molar-refractivity contribution is 5.85. The number of rotatable bonds is 9. The molecule has 0 saturated carbocycles. The van der Waals surface area contributed by atoms with Crippen LogP contribution >= 0.6 is 0 Å². The Hall–Kier alpha value is -2.24. The summed E-state index contributed by atoms with van der Waals surface area (Å²) in [6.45, 7) is 10.5. The fraction of sp³-hybridized carbons (Fsp3) is 0.619. The summed E-state index contributed by atoms with van der Waals surface area (Å²) >= 11 is 0. The fourth-order valence-corrected chi connectivity index (χ4v) is 2.90. The maximum Gasteiger partial charge on any atom is 0.244 e. The van der Waals surface area contributed by atoms with E-state index in [2.05, 4.69) is 41.6 Å². The van der Waals surface area contributed by atoms with Gasteiger partial charge in [-0.25, -0.2) is 4.99 Å². The molecule has 6 heteroatoms. The van der Waals surface area contributed by atoms with Crippen LogP contribution in [0.5, 0.6) is 5.75 Å². The molecule has 0 atom stereocenters. The van der Waals surface area contributed by atoms with Crippen molar-refractivity contribution in [3.05, 3.63) is 29.8 Å². The van der Waals surface area contributed by atoms with Crippen LogP contribution in [0, 0.1) is 5.92 Å². The van der Waals surface area contributed by atoms with E-state index in [9.17, 15) is 4.79 Å². The molecule has 1 aliphatic heterocycles. The molecule has 0 aromatic heterocycles. The first kappa shape index (κ1) is 21.1. The number of ether oxygens (including phenoxy) is 1. The Morgan fingerprint density at radius 1 is 1.19 bits per heavy atom. The number of guanidine groups is 1. The van der Waals surface area contributed by atoms with Gasteiger partial charge in [-0.2, -0.15) is 0 Å². The molecule has 1 aromatic rings. The SMILES string of the molecule is CCNC(=NCC(=O)N1CCCC1)NCCc1ccc(OCC(C)C)cc1. The molecule has 1 aromatic carbocycles. The third-order valence-electron chi connectivity index (χ3n) is 4.39. The number of hydrogen-bond acceptors (Lipinski definition) is 3. The second-order valence-electron chi connectivity index (χ2n) is 7.31. The van der Waals surface area contributed by atoms with Crippen LogP contribution in [0.25, 0.3) is 0 Å². The first-order chi connectivity index (χ1) is 13.1. The third kappa shape index (κ3) is 7.89. The van der Waals surface area contributed by atoms with Crippen molar-refractivity contribution in [2.75, 3.05) is 39.3 Å². The topological polar surface area (TPSA) is 66.0 Å². The summed E-state index contributed by atoms with van der Waals surface area (Å²) in [5, 5.41) is 6.51. The highest BCUT2D eigenvalue weighted by atomic mass is 16.5. The normalized spacial score (nSPS) is 14.5. The minimum Gasteiger partial charge on any atom is -0.493 e. The van der Waals surface area contributed by atoms with Crippen molar-refractivity contribution < 1.29 is 9.53 Å². The fourth-order valence-electron chi connectivity index (χ4n) is 2.90. The molecule has 1 amide bonds. The summed E-state index contributed by atoms with van der Waals surface area (Å²) in [6.07, 6.45) is 3.10. The Bertz CT molecular complexity index is 593. The number of benzene rings is 1. The van der Waals surface area contributed by atoms with E-state index in [-0.39, 0.29) is 12.5 Å². The third-order valence-corrected chi connectivity index (χ3v) is 4.39. The quantitative estimate of drug-likeness (QED) is 0.515. The van der Waals surface area contributed by atoms with Crippen LogP contribution in [-0.2, 0) is 11.2 Å². The zero-order valence-electron chi connectivity index (χ0n) is 17.0. The lowest BCUT2D eigenvalue weighted by molar-refractivity contribution is -0.128. The first-order valence-electron chi connectivity index (χ1n) is 10.1. The average Bonchev–Trinajstić information content (AvgIpc) is 3.20. The van der Waals surface area contributed by atoms with Gasteiger partial charge in [-0.15, -0.1) is 0 Å². The molecule has 0 unspecified atom stereocenters. The maximum absolute atomic E-state index is 12.1. The highest BCUT2D eigenvalue weighted by Crippen LogP contribution is 2.13. The molecule has 0 radical (unpaired) electrons. The zero-order valence-corrected chi connectivity index (χ0v) is 17.0. The summed E-state index contributed by atoms with van der Waals surface area (Å²) in [4.78, 5) is 18.5. The molecule has 150 valence electrons. The lowest BCUT2D eigenvalue weighted by atomic mass is 10.1. The van der Waals surface area contributed by atoms with Crippen LogP contribution in [-0.4, -0.2) is 56.1 Å². The average molecular weight is 375 g/mol. The van der Waals surface area contributed by atoms with E-state index in [1.54, 1.807) is 0 Å². The van der Waals surface area contributed by atoms with Crippen molar-refractivity contribution in [2.45, 2.75) is 40.0 Å². The van der Waals surface area contributed by atoms with Crippen LogP contribution in [0.1, 0.15) is 39.2 Å². The summed E-state index contributed by atoms with van der Waals surface area (Å²) in [6, 6.07) is 8.23. The van der Waals surface area contributed by atoms with E-state index in [1.807, 2.05) is 24.0 Å². The number of hydrogen-bond donors (Lipinski definition) is 2. The molecule has 1 heterocycles. The molecular weight excluding hydrogens is 340 g/mol. The second kappa shape index (κ2) is 11.5. The lowest BCUT2D eigenvalue weighted by Crippen LogP contribution is -2.39. The van der Waals surface area contributed by atoms with Crippen molar-refractivity contribution in [3.63, 3.8) is 0 Å². The number of nitrogens with one attached hydrogen (secondary N) is 2. The van der Waals surface area contributed by atoms with Gasteiger partial charge in [0, 0.05) is 26.2 Å². The van der Waals surface area contributed by atoms with E-state index in [4.69, 9.17) is 4.74 Å². The predicted octanol–water partition coefficient (Wildman–Crippen LogP) is 2.44. The zero-order chi connectivity index (χ0) is 19.5. The molecule has 2 N–H and O–H groups in total. The van der Waals surface area contributed by atoms with Crippen LogP contribution in [0.3, 0.4) is 0 Å². The molecule has 0 aliphatic carbocycles. The Labute approximate surface area is 163 Å². The molecule has 2 rings (SSSR count). The molecule has 6 nitrogen and oxygen atoms in total. The van der Waals surface area contributed by atoms with Gasteiger partial charge < -0.3 is 20.3 Å². The van der Waals surface area contributed by atoms with Crippen LogP contribution in [0.4, 0.5) is 0 Å². The van der Waals surface area contributed by atoms with Gasteiger partial charge >= 0.3 is 0 Å². The van der Waals surface area contributed by atoms with Gasteiger partial charge in [0.05, 0.1) is 6.61 Å². The Kier molecular flexibility index (Phi) is 8.95. The van der Waals surface area contributed by atoms with E-state index in [0.717, 1.165) is 57.8 Å².